The van der Waals surface area contributed by atoms with E-state index in [4.69, 9.17) is 9.72 Å². The highest BCUT2D eigenvalue weighted by molar-refractivity contribution is 7.98. The fourth-order valence-electron chi connectivity index (χ4n) is 3.45. The third kappa shape index (κ3) is 5.97. The Morgan fingerprint density at radius 1 is 1.15 bits per heavy atom. The van der Waals surface area contributed by atoms with Crippen molar-refractivity contribution >= 4 is 28.7 Å². The monoisotopic (exact) mass is 464 g/mol. The summed E-state index contributed by atoms with van der Waals surface area (Å²) in [7, 11) is 1.64. The topological polar surface area (TPSA) is 69.0 Å². The molecule has 0 saturated carbocycles. The van der Waals surface area contributed by atoms with Gasteiger partial charge in [-0.3, -0.25) is 9.78 Å². The van der Waals surface area contributed by atoms with Crippen molar-refractivity contribution in [3.63, 3.8) is 0 Å². The molecule has 2 aromatic carbocycles. The number of nitrogens with zero attached hydrogens (tertiary/aromatic N) is 3. The standard InChI is InChI=1S/C25H25FN4O2S/c1-32-13-3-11-28-24(31)20-8-6-18(7-9-20)16-30-23-15-27-12-10-22(23)29-25(30)33-17-19-4-2-5-21(26)14-19/h2,4-10,12,14-15H,3,11,13,16-17H2,1H3,(H,28,31). The fraction of sp³-hybridized carbons (Fsp3) is 0.240. The number of aromatic nitrogens is 3. The molecular weight excluding hydrogens is 439 g/mol. The summed E-state index contributed by atoms with van der Waals surface area (Å²) in [6.45, 7) is 1.78. The Morgan fingerprint density at radius 2 is 2.00 bits per heavy atom. The van der Waals surface area contributed by atoms with Crippen LogP contribution in [0, 0.1) is 5.82 Å². The summed E-state index contributed by atoms with van der Waals surface area (Å²) >= 11 is 1.56. The van der Waals surface area contributed by atoms with Crippen LogP contribution in [0.5, 0.6) is 0 Å². The Bertz CT molecular complexity index is 1230. The number of benzene rings is 2. The number of pyridine rings is 1. The van der Waals surface area contributed by atoms with Gasteiger partial charge in [-0.25, -0.2) is 9.37 Å². The zero-order valence-corrected chi connectivity index (χ0v) is 19.1. The van der Waals surface area contributed by atoms with Gasteiger partial charge in [-0.15, -0.1) is 0 Å². The Kier molecular flexibility index (Phi) is 7.70. The number of imidazole rings is 1. The second-order valence-electron chi connectivity index (χ2n) is 7.56. The summed E-state index contributed by atoms with van der Waals surface area (Å²) in [6, 6.07) is 16.1. The lowest BCUT2D eigenvalue weighted by atomic mass is 10.1. The molecule has 170 valence electrons. The lowest BCUT2D eigenvalue weighted by Crippen LogP contribution is -2.25. The lowest BCUT2D eigenvalue weighted by molar-refractivity contribution is 0.0948. The third-order valence-electron chi connectivity index (χ3n) is 5.14. The Balaban J connectivity index is 1.49. The summed E-state index contributed by atoms with van der Waals surface area (Å²) in [5, 5.41) is 3.73. The molecule has 1 N–H and O–H groups in total. The second-order valence-corrected chi connectivity index (χ2v) is 8.51. The molecule has 0 radical (unpaired) electrons. The van der Waals surface area contributed by atoms with Gasteiger partial charge in [0.15, 0.2) is 5.16 Å². The smallest absolute Gasteiger partial charge is 0.251 e. The van der Waals surface area contributed by atoms with E-state index in [2.05, 4.69) is 14.9 Å². The summed E-state index contributed by atoms with van der Waals surface area (Å²) in [4.78, 5) is 21.3. The molecule has 4 aromatic rings. The SMILES string of the molecule is COCCCNC(=O)c1ccc(Cn2c(SCc3cccc(F)c3)nc3ccncc32)cc1. The minimum atomic E-state index is -0.242. The van der Waals surface area contributed by atoms with Gasteiger partial charge in [-0.1, -0.05) is 36.0 Å². The van der Waals surface area contributed by atoms with Crippen molar-refractivity contribution in [2.24, 2.45) is 0 Å². The first-order valence-corrected chi connectivity index (χ1v) is 11.7. The van der Waals surface area contributed by atoms with Gasteiger partial charge in [-0.2, -0.15) is 0 Å². The number of nitrogens with one attached hydrogen (secondary N) is 1. The van der Waals surface area contributed by atoms with E-state index in [0.717, 1.165) is 33.7 Å². The quantitative estimate of drug-likeness (QED) is 0.273. The van der Waals surface area contributed by atoms with Gasteiger partial charge in [-0.05, 0) is 47.9 Å². The van der Waals surface area contributed by atoms with Crippen molar-refractivity contribution in [3.05, 3.63) is 89.5 Å². The normalized spacial score (nSPS) is 11.1. The predicted octanol–water partition coefficient (Wildman–Crippen LogP) is 4.68. The fourth-order valence-corrected chi connectivity index (χ4v) is 4.41. The molecule has 6 nitrogen and oxygen atoms in total. The van der Waals surface area contributed by atoms with Crippen LogP contribution in [-0.2, 0) is 17.0 Å². The Hall–Kier alpha value is -3.23. The first kappa shape index (κ1) is 22.9. The molecule has 8 heteroatoms. The summed E-state index contributed by atoms with van der Waals surface area (Å²) in [6.07, 6.45) is 4.30. The first-order valence-electron chi connectivity index (χ1n) is 10.7. The Morgan fingerprint density at radius 3 is 2.79 bits per heavy atom. The van der Waals surface area contributed by atoms with Crippen LogP contribution in [0.2, 0.25) is 0 Å². The zero-order chi connectivity index (χ0) is 23.0. The largest absolute Gasteiger partial charge is 0.385 e. The Labute approximate surface area is 196 Å². The molecule has 0 spiro atoms. The first-order chi connectivity index (χ1) is 16.1. The van der Waals surface area contributed by atoms with E-state index in [1.165, 1.54) is 6.07 Å². The molecule has 1 amide bonds. The molecule has 0 atom stereocenters. The van der Waals surface area contributed by atoms with Gasteiger partial charge in [0.05, 0.1) is 23.8 Å². The predicted molar refractivity (Wildman–Crippen MR) is 128 cm³/mol. The molecule has 0 fully saturated rings. The number of halogens is 1. The number of carbonyl (C=O) groups excluding carboxylic acids is 1. The van der Waals surface area contributed by atoms with Crippen LogP contribution in [0.3, 0.4) is 0 Å². The van der Waals surface area contributed by atoms with E-state index >= 15 is 0 Å². The molecule has 2 heterocycles. The van der Waals surface area contributed by atoms with Crippen molar-refractivity contribution in [3.8, 4) is 0 Å². The van der Waals surface area contributed by atoms with Crippen LogP contribution >= 0.6 is 11.8 Å². The van der Waals surface area contributed by atoms with Gasteiger partial charge >= 0.3 is 0 Å². The molecule has 0 aliphatic carbocycles. The maximum atomic E-state index is 13.5. The van der Waals surface area contributed by atoms with Gasteiger partial charge < -0.3 is 14.6 Å². The number of fused-ring (bicyclic) bond motifs is 1. The van der Waals surface area contributed by atoms with Crippen LogP contribution in [0.15, 0.2) is 72.1 Å². The highest BCUT2D eigenvalue weighted by atomic mass is 32.2. The third-order valence-corrected chi connectivity index (χ3v) is 6.19. The van der Waals surface area contributed by atoms with Gasteiger partial charge in [0.2, 0.25) is 0 Å². The van der Waals surface area contributed by atoms with Crippen LogP contribution in [-0.4, -0.2) is 40.7 Å². The van der Waals surface area contributed by atoms with E-state index in [0.29, 0.717) is 31.0 Å². The van der Waals surface area contributed by atoms with Gasteiger partial charge in [0, 0.05) is 37.8 Å². The molecule has 33 heavy (non-hydrogen) atoms. The average molecular weight is 465 g/mol. The van der Waals surface area contributed by atoms with E-state index in [-0.39, 0.29) is 11.7 Å². The number of ether oxygens (including phenoxy) is 1. The molecule has 0 aliphatic rings. The van der Waals surface area contributed by atoms with Crippen molar-refractivity contribution in [2.75, 3.05) is 20.3 Å². The number of amides is 1. The number of methoxy groups -OCH3 is 1. The minimum absolute atomic E-state index is 0.0960. The molecule has 0 aliphatic heterocycles. The zero-order valence-electron chi connectivity index (χ0n) is 18.3. The minimum Gasteiger partial charge on any atom is -0.385 e. The van der Waals surface area contributed by atoms with Crippen LogP contribution in [0.25, 0.3) is 11.0 Å². The highest BCUT2D eigenvalue weighted by Crippen LogP contribution is 2.27. The molecule has 0 bridgehead atoms. The molecule has 4 rings (SSSR count). The number of thioether (sulfide) groups is 1. The van der Waals surface area contributed by atoms with E-state index in [1.807, 2.05) is 36.4 Å². The lowest BCUT2D eigenvalue weighted by Gasteiger charge is -2.10. The van der Waals surface area contributed by atoms with Crippen molar-refractivity contribution in [1.82, 2.24) is 19.9 Å². The number of carbonyl (C=O) groups is 1. The van der Waals surface area contributed by atoms with Crippen LogP contribution in [0.1, 0.15) is 27.9 Å². The van der Waals surface area contributed by atoms with Gasteiger partial charge in [0.25, 0.3) is 5.91 Å². The summed E-state index contributed by atoms with van der Waals surface area (Å²) in [5.74, 6) is 0.270. The summed E-state index contributed by atoms with van der Waals surface area (Å²) in [5.41, 5.74) is 4.35. The number of hydrogen-bond acceptors (Lipinski definition) is 5. The molecule has 0 saturated heterocycles. The molecule has 2 aromatic heterocycles. The van der Waals surface area contributed by atoms with E-state index in [9.17, 15) is 9.18 Å². The van der Waals surface area contributed by atoms with Crippen LogP contribution in [0.4, 0.5) is 4.39 Å². The van der Waals surface area contributed by atoms with Crippen molar-refractivity contribution < 1.29 is 13.9 Å². The average Bonchev–Trinajstić information content (AvgIpc) is 3.18. The van der Waals surface area contributed by atoms with Gasteiger partial charge in [0.1, 0.15) is 5.82 Å². The second kappa shape index (κ2) is 11.1. The van der Waals surface area contributed by atoms with E-state index < -0.39 is 0 Å². The molecule has 0 unspecified atom stereocenters. The van der Waals surface area contributed by atoms with E-state index in [1.54, 1.807) is 43.4 Å². The maximum Gasteiger partial charge on any atom is 0.251 e. The van der Waals surface area contributed by atoms with Crippen molar-refractivity contribution in [2.45, 2.75) is 23.9 Å². The number of hydrogen-bond donors (Lipinski definition) is 1. The highest BCUT2D eigenvalue weighted by Gasteiger charge is 2.13. The van der Waals surface area contributed by atoms with Crippen LogP contribution < -0.4 is 5.32 Å². The number of rotatable bonds is 10. The summed E-state index contributed by atoms with van der Waals surface area (Å²) < 4.78 is 20.7. The maximum absolute atomic E-state index is 13.5. The van der Waals surface area contributed by atoms with Crippen molar-refractivity contribution in [1.29, 1.82) is 0 Å². The molecular formula is C25H25FN4O2S.